The molecule has 10 nitrogen and oxygen atoms in total. The fraction of sp³-hybridized carbons (Fsp3) is 0.290. The van der Waals surface area contributed by atoms with Gasteiger partial charge in [-0.25, -0.2) is 9.78 Å². The maximum Gasteiger partial charge on any atom is 0.350 e. The van der Waals surface area contributed by atoms with Gasteiger partial charge < -0.3 is 24.1 Å². The number of amides is 1. The van der Waals surface area contributed by atoms with Crippen LogP contribution in [0.25, 0.3) is 5.76 Å². The first-order valence-corrected chi connectivity index (χ1v) is 13.9. The summed E-state index contributed by atoms with van der Waals surface area (Å²) in [5.74, 6) is -1.18. The Bertz CT molecular complexity index is 1540. The highest BCUT2D eigenvalue weighted by Gasteiger charge is 2.49. The van der Waals surface area contributed by atoms with Crippen LogP contribution < -0.4 is 19.1 Å². The number of nitrogens with zero attached hydrogens (tertiary/aromatic N) is 2. The number of hydrogen-bond donors (Lipinski definition) is 1. The van der Waals surface area contributed by atoms with Crippen LogP contribution in [0.1, 0.15) is 46.4 Å². The van der Waals surface area contributed by atoms with Gasteiger partial charge in [0.2, 0.25) is 0 Å². The molecule has 0 radical (unpaired) electrons. The van der Waals surface area contributed by atoms with Crippen LogP contribution in [0.4, 0.5) is 5.13 Å². The Kier molecular flexibility index (Phi) is 9.31. The summed E-state index contributed by atoms with van der Waals surface area (Å²) in [6.45, 7) is 9.72. The van der Waals surface area contributed by atoms with Crippen molar-refractivity contribution >= 4 is 39.9 Å². The molecular weight excluding hydrogens is 560 g/mol. The van der Waals surface area contributed by atoms with E-state index in [1.165, 1.54) is 20.3 Å². The number of thiazole rings is 1. The van der Waals surface area contributed by atoms with Crippen molar-refractivity contribution in [1.82, 2.24) is 4.98 Å². The van der Waals surface area contributed by atoms with Crippen LogP contribution in [-0.2, 0) is 14.3 Å². The molecule has 0 spiro atoms. The van der Waals surface area contributed by atoms with Crippen LogP contribution in [0.5, 0.6) is 17.2 Å². The molecule has 1 amide bonds. The van der Waals surface area contributed by atoms with Crippen molar-refractivity contribution in [2.24, 2.45) is 5.92 Å². The zero-order valence-electron chi connectivity index (χ0n) is 24.0. The van der Waals surface area contributed by atoms with Gasteiger partial charge in [-0.3, -0.25) is 14.5 Å². The van der Waals surface area contributed by atoms with Crippen LogP contribution in [0.3, 0.4) is 0 Å². The fourth-order valence-electron chi connectivity index (χ4n) is 4.38. The van der Waals surface area contributed by atoms with Gasteiger partial charge >= 0.3 is 11.9 Å². The second-order valence-electron chi connectivity index (χ2n) is 9.80. The Labute approximate surface area is 247 Å². The van der Waals surface area contributed by atoms with E-state index in [4.69, 9.17) is 18.9 Å². The number of aromatic nitrogens is 1. The Hall–Kier alpha value is -4.64. The molecule has 2 heterocycles. The lowest BCUT2D eigenvalue weighted by Crippen LogP contribution is -2.29. The molecule has 0 saturated carbocycles. The number of Topliss-reactive ketones (excluding diaryl/α,β-unsaturated/α-hetero) is 1. The van der Waals surface area contributed by atoms with E-state index >= 15 is 0 Å². The van der Waals surface area contributed by atoms with Crippen LogP contribution in [0.15, 0.2) is 60.7 Å². The van der Waals surface area contributed by atoms with Gasteiger partial charge in [0.25, 0.3) is 5.78 Å². The maximum atomic E-state index is 13.6. The third kappa shape index (κ3) is 6.01. The number of aliphatic hydroxyl groups excluding tert-OH is 1. The van der Waals surface area contributed by atoms with E-state index in [2.05, 4.69) is 11.6 Å². The van der Waals surface area contributed by atoms with E-state index in [-0.39, 0.29) is 27.9 Å². The number of hydrogen-bond acceptors (Lipinski definition) is 10. The maximum absolute atomic E-state index is 13.6. The third-order valence-corrected chi connectivity index (χ3v) is 7.53. The second-order valence-corrected chi connectivity index (χ2v) is 10.8. The topological polar surface area (TPSA) is 124 Å². The van der Waals surface area contributed by atoms with Gasteiger partial charge in [0.15, 0.2) is 5.13 Å². The predicted molar refractivity (Wildman–Crippen MR) is 158 cm³/mol. The Balaban J connectivity index is 1.89. The molecule has 1 aromatic heterocycles. The van der Waals surface area contributed by atoms with E-state index in [0.29, 0.717) is 46.6 Å². The highest BCUT2D eigenvalue weighted by Crippen LogP contribution is 2.47. The first-order valence-electron chi connectivity index (χ1n) is 13.1. The molecule has 2 aromatic carbocycles. The van der Waals surface area contributed by atoms with Gasteiger partial charge in [-0.05, 0) is 55.3 Å². The summed E-state index contributed by atoms with van der Waals surface area (Å²) in [5, 5.41) is 11.6. The Morgan fingerprint density at radius 3 is 2.43 bits per heavy atom. The minimum atomic E-state index is -1.16. The van der Waals surface area contributed by atoms with Crippen molar-refractivity contribution in [3.05, 3.63) is 82.4 Å². The van der Waals surface area contributed by atoms with Gasteiger partial charge in [-0.15, -0.1) is 0 Å². The molecule has 11 heteroatoms. The number of ketones is 1. The summed E-state index contributed by atoms with van der Waals surface area (Å²) < 4.78 is 21.9. The molecule has 1 atom stereocenters. The number of methoxy groups -OCH3 is 2. The molecule has 1 unspecified atom stereocenters. The van der Waals surface area contributed by atoms with Crippen molar-refractivity contribution in [2.45, 2.75) is 26.8 Å². The summed E-state index contributed by atoms with van der Waals surface area (Å²) in [7, 11) is 2.94. The molecule has 220 valence electrons. The number of aryl methyl sites for hydroxylation is 1. The normalized spacial score (nSPS) is 16.0. The average Bonchev–Trinajstić information content (AvgIpc) is 3.50. The smallest absolute Gasteiger partial charge is 0.350 e. The minimum Gasteiger partial charge on any atom is -0.507 e. The molecule has 0 bridgehead atoms. The standard InChI is InChI=1S/C31H32N2O8S/c1-7-14-40-30(37)28-18(4)32-31(42-28)33-25(22-15-21(38-5)12-13-23(22)39-6)24(27(35)29(33)36)26(34)19-8-10-20(11-9-19)41-16-17(2)3/h7-13,15,17,25,34H,1,14,16H2,2-6H3/b26-24+. The fourth-order valence-corrected chi connectivity index (χ4v) is 5.37. The highest BCUT2D eigenvalue weighted by molar-refractivity contribution is 7.17. The van der Waals surface area contributed by atoms with Crippen molar-refractivity contribution in [1.29, 1.82) is 0 Å². The lowest BCUT2D eigenvalue weighted by molar-refractivity contribution is -0.132. The number of ether oxygens (including phenoxy) is 4. The van der Waals surface area contributed by atoms with Crippen LogP contribution in [0, 0.1) is 12.8 Å². The highest BCUT2D eigenvalue weighted by atomic mass is 32.1. The largest absolute Gasteiger partial charge is 0.507 e. The van der Waals surface area contributed by atoms with E-state index in [0.717, 1.165) is 16.2 Å². The van der Waals surface area contributed by atoms with Crippen molar-refractivity contribution in [3.8, 4) is 17.2 Å². The van der Waals surface area contributed by atoms with E-state index in [1.54, 1.807) is 49.4 Å². The average molecular weight is 593 g/mol. The Morgan fingerprint density at radius 1 is 1.12 bits per heavy atom. The first kappa shape index (κ1) is 30.3. The lowest BCUT2D eigenvalue weighted by atomic mass is 9.94. The van der Waals surface area contributed by atoms with Crippen LogP contribution >= 0.6 is 11.3 Å². The first-order chi connectivity index (χ1) is 20.1. The minimum absolute atomic E-state index is 0.00166. The van der Waals surface area contributed by atoms with Gasteiger partial charge in [-0.2, -0.15) is 0 Å². The molecular formula is C31H32N2O8S. The third-order valence-electron chi connectivity index (χ3n) is 6.40. The molecule has 0 aliphatic carbocycles. The van der Waals surface area contributed by atoms with Gasteiger partial charge in [0, 0.05) is 11.1 Å². The Morgan fingerprint density at radius 2 is 1.81 bits per heavy atom. The number of aliphatic hydroxyl groups is 1. The zero-order chi connectivity index (χ0) is 30.6. The number of carbonyl (C=O) groups is 3. The molecule has 1 saturated heterocycles. The van der Waals surface area contributed by atoms with Crippen molar-refractivity contribution in [3.63, 3.8) is 0 Å². The molecule has 1 aliphatic rings. The van der Waals surface area contributed by atoms with Gasteiger partial charge in [0.1, 0.15) is 40.5 Å². The van der Waals surface area contributed by atoms with Crippen molar-refractivity contribution < 1.29 is 38.4 Å². The van der Waals surface area contributed by atoms with E-state index in [1.807, 2.05) is 13.8 Å². The van der Waals surface area contributed by atoms with Crippen LogP contribution in [0.2, 0.25) is 0 Å². The number of anilines is 1. The van der Waals surface area contributed by atoms with Gasteiger partial charge in [0.05, 0.1) is 32.1 Å². The van der Waals surface area contributed by atoms with Crippen molar-refractivity contribution in [2.75, 3.05) is 32.3 Å². The molecule has 3 aromatic rings. The zero-order valence-corrected chi connectivity index (χ0v) is 24.8. The summed E-state index contributed by atoms with van der Waals surface area (Å²) in [6, 6.07) is 10.4. The molecule has 1 aliphatic heterocycles. The number of benzene rings is 2. The van der Waals surface area contributed by atoms with Crippen LogP contribution in [-0.4, -0.2) is 55.2 Å². The summed E-state index contributed by atoms with van der Waals surface area (Å²) in [5.41, 5.74) is 0.823. The quantitative estimate of drug-likeness (QED) is 0.101. The monoisotopic (exact) mass is 592 g/mol. The molecule has 42 heavy (non-hydrogen) atoms. The number of esters is 1. The number of carbonyl (C=O) groups excluding carboxylic acids is 3. The van der Waals surface area contributed by atoms with Gasteiger partial charge in [-0.1, -0.05) is 37.8 Å². The molecule has 1 N–H and O–H groups in total. The number of rotatable bonds is 11. The van der Waals surface area contributed by atoms with E-state index in [9.17, 15) is 19.5 Å². The predicted octanol–water partition coefficient (Wildman–Crippen LogP) is 5.47. The van der Waals surface area contributed by atoms with E-state index < -0.39 is 23.7 Å². The second kappa shape index (κ2) is 12.9. The summed E-state index contributed by atoms with van der Waals surface area (Å²) in [6.07, 6.45) is 1.44. The lowest BCUT2D eigenvalue weighted by Gasteiger charge is -2.25. The summed E-state index contributed by atoms with van der Waals surface area (Å²) in [4.78, 5) is 45.7. The molecule has 4 rings (SSSR count). The molecule has 1 fully saturated rings. The SMILES string of the molecule is C=CCOC(=O)c1sc(N2C(=O)C(=O)/C(=C(/O)c3ccc(OCC(C)C)cc3)C2c2cc(OC)ccc2OC)nc1C. The summed E-state index contributed by atoms with van der Waals surface area (Å²) >= 11 is 0.902.